The van der Waals surface area contributed by atoms with Gasteiger partial charge in [-0.05, 0) is 90.5 Å². The summed E-state index contributed by atoms with van der Waals surface area (Å²) in [5.74, 6) is 0. The van der Waals surface area contributed by atoms with Gasteiger partial charge in [0.2, 0.25) is 0 Å². The normalized spacial score (nSPS) is 13.6. The van der Waals surface area contributed by atoms with Crippen LogP contribution >= 0.6 is 0 Å². The van der Waals surface area contributed by atoms with Crippen LogP contribution in [0, 0.1) is 0 Å². The Morgan fingerprint density at radius 2 is 0.813 bits per heavy atom. The molecule has 348 valence electrons. The highest BCUT2D eigenvalue weighted by molar-refractivity contribution is 6.71. The average molecular weight is 950 g/mol. The Hall–Kier alpha value is -7.62. The van der Waals surface area contributed by atoms with Gasteiger partial charge in [0, 0.05) is 33.1 Å². The molecule has 11 heteroatoms. The molecule has 1 aromatic heterocycles. The van der Waals surface area contributed by atoms with E-state index in [1.165, 1.54) is 122 Å². The summed E-state index contributed by atoms with van der Waals surface area (Å²) in [6.45, 7) is 4.76. The lowest BCUT2D eigenvalue weighted by Crippen LogP contribution is -2.57. The molecule has 0 saturated carbocycles. The summed E-state index contributed by atoms with van der Waals surface area (Å²) in [4.78, 5) is 2.53. The van der Waals surface area contributed by atoms with E-state index in [1.807, 2.05) is 0 Å². The summed E-state index contributed by atoms with van der Waals surface area (Å²) >= 11 is 0. The largest absolute Gasteiger partial charge is 0.453 e. The molecule has 0 fully saturated rings. The Labute approximate surface area is 450 Å². The monoisotopic (exact) mass is 952 g/mol. The zero-order valence-corrected chi connectivity index (χ0v) is 45.2. The van der Waals surface area contributed by atoms with Crippen LogP contribution in [-0.4, -0.2) is 70.6 Å². The number of para-hydroxylation sites is 2. The number of fused-ring (bicyclic) bond motifs is 9. The molecule has 0 saturated heterocycles. The van der Waals surface area contributed by atoms with Gasteiger partial charge in [-0.3, -0.25) is 0 Å². The van der Waals surface area contributed by atoms with Gasteiger partial charge in [0.15, 0.2) is 5.58 Å². The Balaban J connectivity index is 1.01. The van der Waals surface area contributed by atoms with E-state index in [4.69, 9.17) is 4.42 Å². The quantitative estimate of drug-likeness (QED) is 0.225. The van der Waals surface area contributed by atoms with Crippen molar-refractivity contribution in [1.29, 1.82) is 0 Å². The topological polar surface area (TPSA) is 16.4 Å². The smallest absolute Gasteiger partial charge is 0.159 e. The van der Waals surface area contributed by atoms with E-state index in [0.29, 0.717) is 0 Å². The van der Waals surface area contributed by atoms with Crippen molar-refractivity contribution in [2.24, 2.45) is 0 Å². The number of anilines is 3. The molecule has 0 N–H and O–H groups in total. The van der Waals surface area contributed by atoms with Gasteiger partial charge in [-0.25, -0.2) is 0 Å². The highest BCUT2D eigenvalue weighted by Crippen LogP contribution is 2.56. The molecule has 0 spiro atoms. The molecule has 2 aliphatic carbocycles. The van der Waals surface area contributed by atoms with E-state index >= 15 is 0 Å². The predicted molar refractivity (Wildman–Crippen MR) is 348 cm³/mol. The summed E-state index contributed by atoms with van der Waals surface area (Å²) in [5, 5.41) is 2.20. The average Bonchev–Trinajstić information content (AvgIpc) is 4.09. The Morgan fingerprint density at radius 1 is 0.360 bits per heavy atom. The lowest BCUT2D eigenvalue weighted by atomic mass is 9.56. The number of furan rings is 1. The van der Waals surface area contributed by atoms with Gasteiger partial charge >= 0.3 is 0 Å². The van der Waals surface area contributed by atoms with E-state index in [-0.39, 0.29) is 5.41 Å². The number of rotatable bonds is 7. The van der Waals surface area contributed by atoms with Crippen molar-refractivity contribution < 1.29 is 4.42 Å². The first kappa shape index (κ1) is 47.1. The molecule has 0 amide bonds. The van der Waals surface area contributed by atoms with E-state index in [1.54, 1.807) is 0 Å². The van der Waals surface area contributed by atoms with Crippen molar-refractivity contribution in [1.82, 2.24) is 0 Å². The van der Waals surface area contributed by atoms with E-state index in [2.05, 4.69) is 271 Å². The van der Waals surface area contributed by atoms with Gasteiger partial charge in [0.25, 0.3) is 0 Å². The fourth-order valence-corrected chi connectivity index (χ4v) is 13.9. The van der Waals surface area contributed by atoms with E-state index < -0.39 is 5.41 Å². The third-order valence-electron chi connectivity index (χ3n) is 18.4. The first-order valence-corrected chi connectivity index (χ1v) is 26.8. The summed E-state index contributed by atoms with van der Waals surface area (Å²) in [7, 11) is 20.9. The molecule has 75 heavy (non-hydrogen) atoms. The summed E-state index contributed by atoms with van der Waals surface area (Å²) in [5.41, 5.74) is 34.5. The molecular formula is C64H54B9NO. The number of hydrogen-bond acceptors (Lipinski definition) is 2. The molecule has 0 unspecified atom stereocenters. The van der Waals surface area contributed by atoms with Crippen LogP contribution in [0.4, 0.5) is 17.1 Å². The van der Waals surface area contributed by atoms with E-state index in [9.17, 15) is 0 Å². The molecule has 1 heterocycles. The van der Waals surface area contributed by atoms with Crippen molar-refractivity contribution in [3.63, 3.8) is 0 Å². The molecule has 11 aromatic rings. The summed E-state index contributed by atoms with van der Waals surface area (Å²) < 4.78 is 7.45. The maximum Gasteiger partial charge on any atom is 0.159 e. The number of hydrogen-bond donors (Lipinski definition) is 0. The zero-order valence-electron chi connectivity index (χ0n) is 45.2. The third-order valence-corrected chi connectivity index (χ3v) is 18.4. The van der Waals surface area contributed by atoms with Crippen LogP contribution in [0.15, 0.2) is 186 Å². The minimum absolute atomic E-state index is 0.176. The predicted octanol–water partition coefficient (Wildman–Crippen LogP) is 1.38. The van der Waals surface area contributed by atoms with Crippen LogP contribution in [0.3, 0.4) is 0 Å². The second kappa shape index (κ2) is 17.2. The first-order valence-electron chi connectivity index (χ1n) is 26.8. The zero-order chi connectivity index (χ0) is 51.8. The molecule has 10 aromatic carbocycles. The van der Waals surface area contributed by atoms with Crippen molar-refractivity contribution in [2.75, 3.05) is 4.90 Å². The van der Waals surface area contributed by atoms with Gasteiger partial charge in [-0.15, -0.1) is 16.4 Å². The molecular weight excluding hydrogens is 896 g/mol. The lowest BCUT2D eigenvalue weighted by Gasteiger charge is -2.34. The number of nitrogens with zero attached hydrogens (tertiary/aromatic N) is 1. The number of benzene rings is 10. The maximum absolute atomic E-state index is 7.45. The van der Waals surface area contributed by atoms with Gasteiger partial charge in [0.1, 0.15) is 76.2 Å². The van der Waals surface area contributed by atoms with E-state index in [0.717, 1.165) is 44.4 Å². The summed E-state index contributed by atoms with van der Waals surface area (Å²) in [6, 6.07) is 67.8. The SMILES string of the molecule is Bc1c(B)c(B)c(-c2c(B)c(B)c(N(c3ccc4c(c3)C(C)(C)c3ccccc3-4)c3cccc4c3oc3c(-c5ccc(C6(c7ccccc7)c7ccccc7-c7ccccc76)cc5)cccc34)c(B)c2B)c(B)c1B. The first-order chi connectivity index (χ1) is 36.2. The minimum atomic E-state index is -0.465. The van der Waals surface area contributed by atoms with Gasteiger partial charge in [-0.1, -0.05) is 210 Å². The standard InChI is InChI=1S/C64H54B9NO/c1-63(2)44-22-9-6-16-38(44)41-31-30-36(32-47(41)63)74(60-58(72)53(67)50(54(68)59(60)73)49-51(65)55(69)57(71)56(70)52(49)66)48-25-13-21-43-42-20-12-19-37(61(42)75-62(43)48)33-26-28-35(29-27-33)64(34-14-4-3-5-15-34)45-23-10-7-17-39(45)40-18-8-11-24-46(40)64/h3-32H,65-73H2,1-2H3. The third kappa shape index (κ3) is 6.59. The van der Waals surface area contributed by atoms with Gasteiger partial charge in [0.05, 0.1) is 11.1 Å². The fourth-order valence-electron chi connectivity index (χ4n) is 13.9. The second-order valence-corrected chi connectivity index (χ2v) is 22.2. The lowest BCUT2D eigenvalue weighted by molar-refractivity contribution is 0.660. The van der Waals surface area contributed by atoms with Crippen molar-refractivity contribution in [3.05, 3.63) is 215 Å². The molecule has 2 nitrogen and oxygen atoms in total. The Morgan fingerprint density at radius 3 is 1.41 bits per heavy atom. The molecule has 2 aliphatic rings. The Bertz CT molecular complexity index is 4120. The molecule has 0 bridgehead atoms. The molecule has 0 radical (unpaired) electrons. The van der Waals surface area contributed by atoms with Crippen LogP contribution in [0.1, 0.15) is 47.2 Å². The Kier molecular flexibility index (Phi) is 10.8. The minimum Gasteiger partial charge on any atom is -0.453 e. The van der Waals surface area contributed by atoms with Crippen LogP contribution in [-0.2, 0) is 10.8 Å². The highest BCUT2D eigenvalue weighted by Gasteiger charge is 2.46. The maximum atomic E-state index is 7.45. The van der Waals surface area contributed by atoms with Crippen molar-refractivity contribution in [2.45, 2.75) is 24.7 Å². The molecule has 13 rings (SSSR count). The van der Waals surface area contributed by atoms with Crippen LogP contribution in [0.5, 0.6) is 0 Å². The van der Waals surface area contributed by atoms with Crippen molar-refractivity contribution in [3.8, 4) is 44.5 Å². The second-order valence-electron chi connectivity index (χ2n) is 22.2. The van der Waals surface area contributed by atoms with Gasteiger partial charge in [-0.2, -0.15) is 0 Å². The summed E-state index contributed by atoms with van der Waals surface area (Å²) in [6.07, 6.45) is 0. The molecule has 0 atom stereocenters. The van der Waals surface area contributed by atoms with Crippen LogP contribution in [0.2, 0.25) is 0 Å². The van der Waals surface area contributed by atoms with Gasteiger partial charge < -0.3 is 9.32 Å². The van der Waals surface area contributed by atoms with Crippen LogP contribution < -0.4 is 54.1 Å². The highest BCUT2D eigenvalue weighted by atomic mass is 16.3. The van der Waals surface area contributed by atoms with Crippen LogP contribution in [0.25, 0.3) is 66.4 Å². The van der Waals surface area contributed by atoms with Crippen molar-refractivity contribution >= 4 is 159 Å². The molecule has 0 aliphatic heterocycles. The fraction of sp³-hybridized carbons (Fsp3) is 0.0625.